The van der Waals surface area contributed by atoms with E-state index in [1.807, 2.05) is 0 Å². The lowest BCUT2D eigenvalue weighted by atomic mass is 9.99. The lowest BCUT2D eigenvalue weighted by Crippen LogP contribution is -2.52. The molecule has 114 valence electrons. The first kappa shape index (κ1) is 15.4. The van der Waals surface area contributed by atoms with Crippen LogP contribution in [-0.4, -0.2) is 47.4 Å². The smallest absolute Gasteiger partial charge is 0.338 e. The summed E-state index contributed by atoms with van der Waals surface area (Å²) in [5, 5.41) is 20.8. The van der Waals surface area contributed by atoms with Crippen LogP contribution in [0.4, 0.5) is 4.39 Å². The van der Waals surface area contributed by atoms with Gasteiger partial charge in [0.25, 0.3) is 0 Å². The summed E-state index contributed by atoms with van der Waals surface area (Å²) >= 11 is 0. The van der Waals surface area contributed by atoms with Crippen LogP contribution in [0.2, 0.25) is 0 Å². The normalized spacial score (nSPS) is 21.2. The summed E-state index contributed by atoms with van der Waals surface area (Å²) in [6.07, 6.45) is 0.417. The Morgan fingerprint density at radius 1 is 1.43 bits per heavy atom. The molecule has 1 atom stereocenters. The molecule has 1 aliphatic rings. The first-order valence-corrected chi connectivity index (χ1v) is 6.47. The van der Waals surface area contributed by atoms with Gasteiger partial charge in [-0.1, -0.05) is 6.07 Å². The lowest BCUT2D eigenvalue weighted by molar-refractivity contribution is -0.123. The van der Waals surface area contributed by atoms with Crippen molar-refractivity contribution < 1.29 is 28.9 Å². The fourth-order valence-corrected chi connectivity index (χ4v) is 2.24. The highest BCUT2D eigenvalue weighted by Crippen LogP contribution is 2.18. The van der Waals surface area contributed by atoms with Gasteiger partial charge in [0.1, 0.15) is 5.82 Å². The van der Waals surface area contributed by atoms with Crippen LogP contribution in [0.5, 0.6) is 0 Å². The molecule has 1 unspecified atom stereocenters. The van der Waals surface area contributed by atoms with Crippen LogP contribution in [0.1, 0.15) is 22.3 Å². The number of aliphatic hydroxyl groups is 1. The van der Waals surface area contributed by atoms with Gasteiger partial charge < -0.3 is 20.3 Å². The Bertz CT molecular complexity index is 554. The van der Waals surface area contributed by atoms with E-state index in [0.29, 0.717) is 18.6 Å². The second kappa shape index (κ2) is 6.19. The van der Waals surface area contributed by atoms with E-state index in [0.717, 1.165) is 12.1 Å². The molecule has 21 heavy (non-hydrogen) atoms. The first-order valence-electron chi connectivity index (χ1n) is 6.47. The average molecular weight is 297 g/mol. The minimum absolute atomic E-state index is 0.0986. The van der Waals surface area contributed by atoms with Crippen molar-refractivity contribution >= 4 is 11.9 Å². The summed E-state index contributed by atoms with van der Waals surface area (Å²) < 4.78 is 18.7. The van der Waals surface area contributed by atoms with E-state index in [1.54, 1.807) is 0 Å². The fraction of sp³-hybridized carbons (Fsp3) is 0.429. The quantitative estimate of drug-likeness (QED) is 0.728. The number of carbonyl (C=O) groups excluding carboxylic acids is 1. The molecule has 0 saturated carbocycles. The van der Waals surface area contributed by atoms with Gasteiger partial charge in [-0.15, -0.1) is 0 Å². The SMILES string of the molecule is O=C(Cc1ccc(C(=O)O)c(F)c1)NC1(CO)CCOC1. The van der Waals surface area contributed by atoms with Gasteiger partial charge in [-0.2, -0.15) is 0 Å². The van der Waals surface area contributed by atoms with Crippen LogP contribution in [0.25, 0.3) is 0 Å². The Balaban J connectivity index is 2.03. The number of aromatic carboxylic acids is 1. The fourth-order valence-electron chi connectivity index (χ4n) is 2.24. The molecule has 6 nitrogen and oxygen atoms in total. The first-order chi connectivity index (χ1) is 9.96. The number of hydrogen-bond acceptors (Lipinski definition) is 4. The van der Waals surface area contributed by atoms with Gasteiger partial charge >= 0.3 is 5.97 Å². The van der Waals surface area contributed by atoms with Crippen molar-refractivity contribution in [2.75, 3.05) is 19.8 Å². The van der Waals surface area contributed by atoms with Gasteiger partial charge in [-0.3, -0.25) is 4.79 Å². The van der Waals surface area contributed by atoms with Crippen molar-refractivity contribution in [3.63, 3.8) is 0 Å². The Labute approximate surface area is 120 Å². The number of nitrogens with one attached hydrogen (secondary N) is 1. The summed E-state index contributed by atoms with van der Waals surface area (Å²) in [7, 11) is 0. The van der Waals surface area contributed by atoms with E-state index in [-0.39, 0.29) is 25.5 Å². The third-order valence-electron chi connectivity index (χ3n) is 3.44. The number of carboxylic acids is 1. The molecule has 1 aliphatic heterocycles. The van der Waals surface area contributed by atoms with Gasteiger partial charge in [0.15, 0.2) is 0 Å². The van der Waals surface area contributed by atoms with Crippen LogP contribution in [-0.2, 0) is 16.0 Å². The second-order valence-electron chi connectivity index (χ2n) is 5.09. The highest BCUT2D eigenvalue weighted by atomic mass is 19.1. The maximum atomic E-state index is 13.5. The molecule has 3 N–H and O–H groups in total. The molecule has 1 amide bonds. The maximum absolute atomic E-state index is 13.5. The Morgan fingerprint density at radius 3 is 2.71 bits per heavy atom. The largest absolute Gasteiger partial charge is 0.478 e. The van der Waals surface area contributed by atoms with E-state index in [9.17, 15) is 19.1 Å². The molecule has 1 fully saturated rings. The highest BCUT2D eigenvalue weighted by molar-refractivity contribution is 5.88. The van der Waals surface area contributed by atoms with Crippen LogP contribution >= 0.6 is 0 Å². The van der Waals surface area contributed by atoms with Crippen LogP contribution < -0.4 is 5.32 Å². The third-order valence-corrected chi connectivity index (χ3v) is 3.44. The number of benzene rings is 1. The van der Waals surface area contributed by atoms with Crippen molar-refractivity contribution in [3.8, 4) is 0 Å². The topological polar surface area (TPSA) is 95.9 Å². The standard InChI is InChI=1S/C14H16FNO5/c15-11-5-9(1-2-10(11)13(19)20)6-12(18)16-14(7-17)3-4-21-8-14/h1-2,5,17H,3-4,6-8H2,(H,16,18)(H,19,20). The van der Waals surface area contributed by atoms with Gasteiger partial charge in [0, 0.05) is 6.61 Å². The molecule has 7 heteroatoms. The Hall–Kier alpha value is -1.99. The molecule has 0 aromatic heterocycles. The maximum Gasteiger partial charge on any atom is 0.338 e. The summed E-state index contributed by atoms with van der Waals surface area (Å²) in [6.45, 7) is 0.468. The zero-order chi connectivity index (χ0) is 15.5. The molecule has 0 aliphatic carbocycles. The number of carboxylic acid groups (broad SMARTS) is 1. The minimum Gasteiger partial charge on any atom is -0.478 e. The van der Waals surface area contributed by atoms with Crippen LogP contribution in [0.15, 0.2) is 18.2 Å². The number of halogens is 1. The minimum atomic E-state index is -1.36. The number of rotatable bonds is 5. The number of ether oxygens (including phenoxy) is 1. The molecule has 1 aromatic carbocycles. The predicted molar refractivity (Wildman–Crippen MR) is 70.5 cm³/mol. The number of carbonyl (C=O) groups is 2. The van der Waals surface area contributed by atoms with E-state index in [1.165, 1.54) is 6.07 Å². The zero-order valence-electron chi connectivity index (χ0n) is 11.3. The van der Waals surface area contributed by atoms with Crippen LogP contribution in [0, 0.1) is 5.82 Å². The van der Waals surface area contributed by atoms with E-state index in [4.69, 9.17) is 9.84 Å². The summed E-state index contributed by atoms with van der Waals surface area (Å²) in [6, 6.07) is 3.55. The van der Waals surface area contributed by atoms with Crippen molar-refractivity contribution in [2.24, 2.45) is 0 Å². The highest BCUT2D eigenvalue weighted by Gasteiger charge is 2.35. The molecule has 2 rings (SSSR count). The molecule has 0 bridgehead atoms. The monoisotopic (exact) mass is 297 g/mol. The van der Waals surface area contributed by atoms with Crippen molar-refractivity contribution in [2.45, 2.75) is 18.4 Å². The molecule has 0 spiro atoms. The van der Waals surface area contributed by atoms with Crippen molar-refractivity contribution in [3.05, 3.63) is 35.1 Å². The average Bonchev–Trinajstić information content (AvgIpc) is 2.87. The molecule has 0 radical (unpaired) electrons. The third kappa shape index (κ3) is 3.56. The van der Waals surface area contributed by atoms with E-state index in [2.05, 4.69) is 5.32 Å². The predicted octanol–water partition coefficient (Wildman–Crippen LogP) is 0.334. The molecular weight excluding hydrogens is 281 g/mol. The lowest BCUT2D eigenvalue weighted by Gasteiger charge is -2.26. The summed E-state index contributed by atoms with van der Waals surface area (Å²) in [4.78, 5) is 22.7. The van der Waals surface area contributed by atoms with E-state index < -0.39 is 22.9 Å². The number of amides is 1. The van der Waals surface area contributed by atoms with Gasteiger partial charge in [0.05, 0.1) is 30.7 Å². The Morgan fingerprint density at radius 2 is 2.19 bits per heavy atom. The van der Waals surface area contributed by atoms with Gasteiger partial charge in [-0.25, -0.2) is 9.18 Å². The van der Waals surface area contributed by atoms with Gasteiger partial charge in [-0.05, 0) is 24.1 Å². The second-order valence-corrected chi connectivity index (χ2v) is 5.09. The molecular formula is C14H16FNO5. The summed E-state index contributed by atoms with van der Waals surface area (Å²) in [5.74, 6) is -2.61. The molecule has 1 aromatic rings. The van der Waals surface area contributed by atoms with Gasteiger partial charge in [0.2, 0.25) is 5.91 Å². The van der Waals surface area contributed by atoms with E-state index >= 15 is 0 Å². The number of hydrogen-bond donors (Lipinski definition) is 3. The van der Waals surface area contributed by atoms with Crippen molar-refractivity contribution in [1.82, 2.24) is 5.32 Å². The molecule has 1 saturated heterocycles. The number of aliphatic hydroxyl groups excluding tert-OH is 1. The van der Waals surface area contributed by atoms with Crippen molar-refractivity contribution in [1.29, 1.82) is 0 Å². The van der Waals surface area contributed by atoms with Crippen LogP contribution in [0.3, 0.4) is 0 Å². The molecule has 1 heterocycles. The Kier molecular flexibility index (Phi) is 4.54. The zero-order valence-corrected chi connectivity index (χ0v) is 11.3. The summed E-state index contributed by atoms with van der Waals surface area (Å²) in [5.41, 5.74) is -0.853.